The number of benzene rings is 1. The van der Waals surface area contributed by atoms with E-state index in [9.17, 15) is 17.9 Å². The largest absolute Gasteiger partial charge is 0.393 e. The Balaban J connectivity index is 1.77. The molecule has 0 spiro atoms. The monoisotopic (exact) mass is 445 g/mol. The van der Waals surface area contributed by atoms with Crippen LogP contribution in [0.4, 0.5) is 4.39 Å². The number of hydrogen-bond donors (Lipinski definition) is 1. The summed E-state index contributed by atoms with van der Waals surface area (Å²) < 4.78 is 41.7. The molecule has 2 heterocycles. The van der Waals surface area contributed by atoms with Gasteiger partial charge in [-0.25, -0.2) is 18.4 Å². The van der Waals surface area contributed by atoms with Crippen molar-refractivity contribution in [1.82, 2.24) is 14.5 Å². The minimum Gasteiger partial charge on any atom is -0.393 e. The van der Waals surface area contributed by atoms with Gasteiger partial charge in [0.25, 0.3) is 0 Å². The van der Waals surface area contributed by atoms with Crippen LogP contribution in [0.3, 0.4) is 0 Å². The number of imidazole rings is 1. The molecule has 31 heavy (non-hydrogen) atoms. The van der Waals surface area contributed by atoms with E-state index in [1.807, 2.05) is 0 Å². The first-order valence-electron chi connectivity index (χ1n) is 10.6. The Hall–Kier alpha value is -2.32. The molecule has 0 saturated heterocycles. The van der Waals surface area contributed by atoms with E-state index in [4.69, 9.17) is 4.98 Å². The Morgan fingerprint density at radius 3 is 2.42 bits per heavy atom. The van der Waals surface area contributed by atoms with E-state index in [0.717, 1.165) is 55.8 Å². The number of sulfone groups is 1. The van der Waals surface area contributed by atoms with Crippen LogP contribution >= 0.6 is 0 Å². The van der Waals surface area contributed by atoms with Gasteiger partial charge < -0.3 is 9.67 Å². The fraction of sp³-hybridized carbons (Fsp3) is 0.478. The van der Waals surface area contributed by atoms with Gasteiger partial charge in [-0.1, -0.05) is 20.8 Å². The first kappa shape index (κ1) is 21.9. The number of halogens is 1. The Kier molecular flexibility index (Phi) is 5.64. The van der Waals surface area contributed by atoms with Gasteiger partial charge in [-0.2, -0.15) is 4.39 Å². The van der Waals surface area contributed by atoms with E-state index in [-0.39, 0.29) is 21.3 Å². The summed E-state index contributed by atoms with van der Waals surface area (Å²) in [6, 6.07) is 7.14. The molecule has 0 bridgehead atoms. The number of aromatic nitrogens is 3. The van der Waals surface area contributed by atoms with Gasteiger partial charge in [0.1, 0.15) is 5.82 Å². The quantitative estimate of drug-likeness (QED) is 0.607. The maximum Gasteiger partial charge on any atom is 0.214 e. The highest BCUT2D eigenvalue weighted by molar-refractivity contribution is 7.91. The fourth-order valence-electron chi connectivity index (χ4n) is 4.31. The molecule has 1 aliphatic rings. The molecule has 166 valence electrons. The van der Waals surface area contributed by atoms with Gasteiger partial charge in [-0.15, -0.1) is 0 Å². The Morgan fingerprint density at radius 1 is 1.10 bits per heavy atom. The van der Waals surface area contributed by atoms with Crippen molar-refractivity contribution < 1.29 is 17.9 Å². The van der Waals surface area contributed by atoms with Gasteiger partial charge in [-0.3, -0.25) is 0 Å². The zero-order valence-corrected chi connectivity index (χ0v) is 18.9. The molecule has 0 amide bonds. The van der Waals surface area contributed by atoms with E-state index in [1.165, 1.54) is 6.07 Å². The molecule has 1 N–H and O–H groups in total. The summed E-state index contributed by atoms with van der Waals surface area (Å²) in [5.41, 5.74) is 1.27. The Bertz CT molecular complexity index is 1210. The van der Waals surface area contributed by atoms with Crippen LogP contribution < -0.4 is 0 Å². The lowest BCUT2D eigenvalue weighted by Gasteiger charge is -2.28. The molecule has 0 unspecified atom stereocenters. The number of nitrogens with zero attached hydrogens (tertiary/aromatic N) is 3. The molecule has 2 aromatic heterocycles. The zero-order valence-electron chi connectivity index (χ0n) is 18.0. The lowest BCUT2D eigenvalue weighted by Crippen LogP contribution is -2.25. The average Bonchev–Trinajstić information content (AvgIpc) is 3.08. The number of pyridine rings is 1. The van der Waals surface area contributed by atoms with Crippen LogP contribution in [0.15, 0.2) is 46.3 Å². The van der Waals surface area contributed by atoms with Crippen LogP contribution in [0.25, 0.3) is 11.0 Å². The molecule has 0 atom stereocenters. The standard InChI is InChI=1S/C23H28FN3O3S/c1-23(2,3)22-26-19-12-17(31(29,30)18-10-11-25-21(24)13-18)8-9-20(19)27(22)14-15-4-6-16(28)7-5-15/h8-13,15-16,28H,4-7,14H2,1-3H3/t15-,16-. The zero-order chi connectivity index (χ0) is 22.4. The maximum absolute atomic E-state index is 13.5. The molecule has 6 nitrogen and oxygen atoms in total. The lowest BCUT2D eigenvalue weighted by molar-refractivity contribution is 0.104. The highest BCUT2D eigenvalue weighted by Gasteiger charge is 2.28. The van der Waals surface area contributed by atoms with E-state index in [1.54, 1.807) is 18.2 Å². The lowest BCUT2D eigenvalue weighted by atomic mass is 9.87. The van der Waals surface area contributed by atoms with Gasteiger partial charge in [-0.05, 0) is 55.9 Å². The molecule has 1 fully saturated rings. The summed E-state index contributed by atoms with van der Waals surface area (Å²) in [7, 11) is -3.88. The van der Waals surface area contributed by atoms with E-state index >= 15 is 0 Å². The molecule has 1 aliphatic carbocycles. The third kappa shape index (κ3) is 4.36. The minimum absolute atomic E-state index is 0.0801. The number of rotatable bonds is 4. The molecule has 1 saturated carbocycles. The van der Waals surface area contributed by atoms with Crippen molar-refractivity contribution in [2.24, 2.45) is 5.92 Å². The molecule has 8 heteroatoms. The van der Waals surface area contributed by atoms with Crippen LogP contribution in [0.2, 0.25) is 0 Å². The van der Waals surface area contributed by atoms with Crippen LogP contribution in [0, 0.1) is 11.9 Å². The third-order valence-corrected chi connectivity index (χ3v) is 7.72. The summed E-state index contributed by atoms with van der Waals surface area (Å²) >= 11 is 0. The van der Waals surface area contributed by atoms with Gasteiger partial charge >= 0.3 is 0 Å². The van der Waals surface area contributed by atoms with Gasteiger partial charge in [0.15, 0.2) is 0 Å². The molecule has 1 aromatic carbocycles. The Labute approximate surface area is 182 Å². The number of aliphatic hydroxyl groups is 1. The van der Waals surface area contributed by atoms with Crippen molar-refractivity contribution in [3.8, 4) is 0 Å². The molecule has 0 radical (unpaired) electrons. The van der Waals surface area contributed by atoms with Crippen LogP contribution in [0.1, 0.15) is 52.3 Å². The SMILES string of the molecule is CC(C)(C)c1nc2cc(S(=O)(=O)c3ccnc(F)c3)ccc2n1C[C@H]1CC[C@H](O)CC1. The first-order chi connectivity index (χ1) is 14.6. The maximum atomic E-state index is 13.5. The summed E-state index contributed by atoms with van der Waals surface area (Å²) in [6.45, 7) is 7.06. The van der Waals surface area contributed by atoms with Crippen molar-refractivity contribution in [3.63, 3.8) is 0 Å². The van der Waals surface area contributed by atoms with E-state index < -0.39 is 15.8 Å². The van der Waals surface area contributed by atoms with Crippen molar-refractivity contribution >= 4 is 20.9 Å². The van der Waals surface area contributed by atoms with Crippen molar-refractivity contribution in [2.75, 3.05) is 0 Å². The van der Waals surface area contributed by atoms with E-state index in [2.05, 4.69) is 30.3 Å². The highest BCUT2D eigenvalue weighted by Crippen LogP contribution is 2.33. The second-order valence-electron chi connectivity index (χ2n) is 9.44. The van der Waals surface area contributed by atoms with Gasteiger partial charge in [0.05, 0.1) is 26.9 Å². The predicted molar refractivity (Wildman–Crippen MR) is 116 cm³/mol. The molecule has 4 rings (SSSR count). The highest BCUT2D eigenvalue weighted by atomic mass is 32.2. The summed E-state index contributed by atoms with van der Waals surface area (Å²) in [5, 5.41) is 9.82. The molecule has 0 aliphatic heterocycles. The van der Waals surface area contributed by atoms with Gasteiger partial charge in [0, 0.05) is 24.2 Å². The molecular weight excluding hydrogens is 417 g/mol. The van der Waals surface area contributed by atoms with Crippen molar-refractivity contribution in [1.29, 1.82) is 0 Å². The normalized spacial score (nSPS) is 20.3. The predicted octanol–water partition coefficient (Wildman–Crippen LogP) is 4.25. The second kappa shape index (κ2) is 7.98. The number of fused-ring (bicyclic) bond motifs is 1. The first-order valence-corrected chi connectivity index (χ1v) is 12.1. The second-order valence-corrected chi connectivity index (χ2v) is 11.4. The number of aliphatic hydroxyl groups excluding tert-OH is 1. The summed E-state index contributed by atoms with van der Waals surface area (Å²) in [6.07, 6.45) is 4.49. The Morgan fingerprint density at radius 2 is 1.77 bits per heavy atom. The topological polar surface area (TPSA) is 85.1 Å². The fourth-order valence-corrected chi connectivity index (χ4v) is 5.59. The van der Waals surface area contributed by atoms with Crippen LogP contribution in [-0.4, -0.2) is 34.2 Å². The minimum atomic E-state index is -3.88. The average molecular weight is 446 g/mol. The van der Waals surface area contributed by atoms with Crippen molar-refractivity contribution in [3.05, 3.63) is 48.3 Å². The van der Waals surface area contributed by atoms with E-state index in [0.29, 0.717) is 11.4 Å². The number of hydrogen-bond acceptors (Lipinski definition) is 5. The summed E-state index contributed by atoms with van der Waals surface area (Å²) in [5.74, 6) is 0.516. The van der Waals surface area contributed by atoms with Crippen LogP contribution in [0.5, 0.6) is 0 Å². The van der Waals surface area contributed by atoms with Crippen molar-refractivity contribution in [2.45, 2.75) is 74.3 Å². The molecular formula is C23H28FN3O3S. The molecule has 3 aromatic rings. The van der Waals surface area contributed by atoms with Gasteiger partial charge in [0.2, 0.25) is 15.8 Å². The smallest absolute Gasteiger partial charge is 0.214 e. The third-order valence-electron chi connectivity index (χ3n) is 5.97. The van der Waals surface area contributed by atoms with Crippen LogP contribution in [-0.2, 0) is 21.8 Å². The summed E-state index contributed by atoms with van der Waals surface area (Å²) in [4.78, 5) is 8.20.